The lowest BCUT2D eigenvalue weighted by molar-refractivity contribution is 0.0949. The van der Waals surface area contributed by atoms with Crippen LogP contribution in [0, 0.1) is 6.92 Å². The zero-order chi connectivity index (χ0) is 19.6. The number of nitrogens with one attached hydrogen (secondary N) is 2. The number of anilines is 1. The number of aryl methyl sites for hydroxylation is 1. The van der Waals surface area contributed by atoms with E-state index in [-0.39, 0.29) is 21.5 Å². The first-order chi connectivity index (χ1) is 12.8. The highest BCUT2D eigenvalue weighted by atomic mass is 35.5. The van der Waals surface area contributed by atoms with Crippen molar-refractivity contribution in [2.75, 3.05) is 11.6 Å². The van der Waals surface area contributed by atoms with Crippen LogP contribution in [0.3, 0.4) is 0 Å². The molecule has 0 unspecified atom stereocenters. The summed E-state index contributed by atoms with van der Waals surface area (Å²) in [5.41, 5.74) is 4.99. The predicted molar refractivity (Wildman–Crippen MR) is 106 cm³/mol. The van der Waals surface area contributed by atoms with Gasteiger partial charge in [-0.25, -0.2) is 13.1 Å². The number of rotatable bonds is 7. The van der Waals surface area contributed by atoms with E-state index in [0.717, 1.165) is 24.1 Å². The van der Waals surface area contributed by atoms with E-state index >= 15 is 0 Å². The number of carbonyl (C=O) groups is 1. The molecule has 3 rings (SSSR count). The molecule has 0 aliphatic heterocycles. The van der Waals surface area contributed by atoms with Crippen molar-refractivity contribution < 1.29 is 13.2 Å². The molecule has 0 spiro atoms. The molecule has 1 amide bonds. The maximum Gasteiger partial charge on any atom is 0.269 e. The Hall–Kier alpha value is -2.09. The minimum Gasteiger partial charge on any atom is -0.286 e. The zero-order valence-electron chi connectivity index (χ0n) is 15.2. The minimum absolute atomic E-state index is 0.0410. The molecule has 0 atom stereocenters. The highest BCUT2D eigenvalue weighted by Crippen LogP contribution is 2.27. The van der Waals surface area contributed by atoms with Crippen LogP contribution in [0.25, 0.3) is 0 Å². The van der Waals surface area contributed by atoms with Crippen molar-refractivity contribution in [2.45, 2.75) is 37.6 Å². The summed E-state index contributed by atoms with van der Waals surface area (Å²) in [6.45, 7) is 4.46. The number of hydrogen-bond acceptors (Lipinski definition) is 4. The molecule has 8 heteroatoms. The van der Waals surface area contributed by atoms with Gasteiger partial charge in [-0.1, -0.05) is 29.3 Å². The molecule has 27 heavy (non-hydrogen) atoms. The van der Waals surface area contributed by atoms with E-state index in [9.17, 15) is 13.2 Å². The van der Waals surface area contributed by atoms with Crippen molar-refractivity contribution in [3.63, 3.8) is 0 Å². The number of amides is 1. The van der Waals surface area contributed by atoms with Gasteiger partial charge in [0, 0.05) is 18.2 Å². The summed E-state index contributed by atoms with van der Waals surface area (Å²) in [5.74, 6) is -0.406. The highest BCUT2D eigenvalue weighted by Gasteiger charge is 2.29. The molecular weight excluding hydrogens is 386 g/mol. The molecule has 0 bridgehead atoms. The lowest BCUT2D eigenvalue weighted by Crippen LogP contribution is -2.42. The summed E-state index contributed by atoms with van der Waals surface area (Å²) in [7, 11) is -3.75. The third-order valence-electron chi connectivity index (χ3n) is 4.28. The van der Waals surface area contributed by atoms with Crippen LogP contribution in [0.15, 0.2) is 47.4 Å². The maximum atomic E-state index is 12.7. The van der Waals surface area contributed by atoms with E-state index in [2.05, 4.69) is 10.1 Å². The van der Waals surface area contributed by atoms with E-state index in [0.29, 0.717) is 6.54 Å². The van der Waals surface area contributed by atoms with Crippen LogP contribution in [-0.2, 0) is 10.0 Å². The number of sulfonamides is 1. The molecule has 2 aromatic carbocycles. The Kier molecular flexibility index (Phi) is 5.74. The molecule has 2 aromatic rings. The standard InChI is InChI=1S/C19H22ClN3O3S/c1-3-23(16-9-4-13(2)5-10-16)21-19(24)14-6-11-17(20)18(12-14)27(25,26)22-15-7-8-15/h4-6,9-12,15,22H,3,7-8H2,1-2H3,(H,21,24). The van der Waals surface area contributed by atoms with Crippen LogP contribution >= 0.6 is 11.6 Å². The molecule has 1 fully saturated rings. The van der Waals surface area contributed by atoms with Gasteiger partial charge in [-0.15, -0.1) is 0 Å². The first-order valence-corrected chi connectivity index (χ1v) is 10.6. The Bertz CT molecular complexity index is 941. The molecule has 1 aliphatic carbocycles. The van der Waals surface area contributed by atoms with Crippen LogP contribution < -0.4 is 15.2 Å². The number of halogens is 1. The van der Waals surface area contributed by atoms with Gasteiger partial charge in [-0.05, 0) is 57.0 Å². The van der Waals surface area contributed by atoms with Crippen molar-refractivity contribution >= 4 is 33.2 Å². The van der Waals surface area contributed by atoms with Crippen LogP contribution in [0.2, 0.25) is 5.02 Å². The molecule has 1 saturated carbocycles. The SMILES string of the molecule is CCN(NC(=O)c1ccc(Cl)c(S(=O)(=O)NC2CC2)c1)c1ccc(C)cc1. The number of hydrogen-bond donors (Lipinski definition) is 2. The van der Waals surface area contributed by atoms with E-state index in [4.69, 9.17) is 11.6 Å². The molecule has 0 radical (unpaired) electrons. The Labute approximate surface area is 164 Å². The second kappa shape index (κ2) is 7.88. The minimum atomic E-state index is -3.75. The van der Waals surface area contributed by atoms with Crippen molar-refractivity contribution in [3.8, 4) is 0 Å². The molecule has 0 saturated heterocycles. The normalized spacial score (nSPS) is 14.0. The molecule has 0 aromatic heterocycles. The van der Waals surface area contributed by atoms with E-state index in [1.807, 2.05) is 38.1 Å². The van der Waals surface area contributed by atoms with E-state index in [1.165, 1.54) is 18.2 Å². The molecule has 0 heterocycles. The number of hydrazine groups is 1. The number of carbonyl (C=O) groups excluding carboxylic acids is 1. The quantitative estimate of drug-likeness (QED) is 0.690. The lowest BCUT2D eigenvalue weighted by Gasteiger charge is -2.24. The number of benzene rings is 2. The Balaban J connectivity index is 1.81. The smallest absolute Gasteiger partial charge is 0.269 e. The van der Waals surface area contributed by atoms with E-state index < -0.39 is 15.9 Å². The fourth-order valence-electron chi connectivity index (χ4n) is 2.57. The fraction of sp³-hybridized carbons (Fsp3) is 0.316. The summed E-state index contributed by atoms with van der Waals surface area (Å²) in [5, 5.41) is 1.79. The van der Waals surface area contributed by atoms with Crippen LogP contribution in [0.1, 0.15) is 35.7 Å². The summed E-state index contributed by atoms with van der Waals surface area (Å²) < 4.78 is 27.5. The molecule has 2 N–H and O–H groups in total. The lowest BCUT2D eigenvalue weighted by atomic mass is 10.2. The van der Waals surface area contributed by atoms with E-state index in [1.54, 1.807) is 5.01 Å². The monoisotopic (exact) mass is 407 g/mol. The summed E-state index contributed by atoms with van der Waals surface area (Å²) >= 11 is 6.07. The van der Waals surface area contributed by atoms with Gasteiger partial charge in [0.05, 0.1) is 10.7 Å². The second-order valence-corrected chi connectivity index (χ2v) is 8.65. The molecule has 6 nitrogen and oxygen atoms in total. The van der Waals surface area contributed by atoms with Gasteiger partial charge in [-0.2, -0.15) is 0 Å². The molecule has 144 valence electrons. The predicted octanol–water partition coefficient (Wildman–Crippen LogP) is 3.26. The topological polar surface area (TPSA) is 78.5 Å². The Morgan fingerprint density at radius 1 is 1.19 bits per heavy atom. The van der Waals surface area contributed by atoms with Crippen molar-refractivity contribution in [2.24, 2.45) is 0 Å². The van der Waals surface area contributed by atoms with Gasteiger partial charge in [0.25, 0.3) is 5.91 Å². The van der Waals surface area contributed by atoms with Crippen molar-refractivity contribution in [3.05, 3.63) is 58.6 Å². The fourth-order valence-corrected chi connectivity index (χ4v) is 4.40. The van der Waals surface area contributed by atoms with Crippen molar-refractivity contribution in [1.82, 2.24) is 10.1 Å². The Morgan fingerprint density at radius 2 is 1.85 bits per heavy atom. The van der Waals surface area contributed by atoms with Gasteiger partial charge in [0.2, 0.25) is 10.0 Å². The number of nitrogens with zero attached hydrogens (tertiary/aromatic N) is 1. The average Bonchev–Trinajstić information content (AvgIpc) is 3.43. The van der Waals surface area contributed by atoms with Crippen LogP contribution in [-0.4, -0.2) is 26.9 Å². The van der Waals surface area contributed by atoms with Gasteiger partial charge in [0.1, 0.15) is 4.90 Å². The van der Waals surface area contributed by atoms with Crippen LogP contribution in [0.5, 0.6) is 0 Å². The summed E-state index contributed by atoms with van der Waals surface area (Å²) in [4.78, 5) is 12.6. The largest absolute Gasteiger partial charge is 0.286 e. The third-order valence-corrected chi connectivity index (χ3v) is 6.28. The maximum absolute atomic E-state index is 12.7. The van der Waals surface area contributed by atoms with Crippen molar-refractivity contribution in [1.29, 1.82) is 0 Å². The summed E-state index contributed by atoms with van der Waals surface area (Å²) in [6, 6.07) is 12.0. The average molecular weight is 408 g/mol. The van der Waals surface area contributed by atoms with Gasteiger partial charge in [0.15, 0.2) is 0 Å². The summed E-state index contributed by atoms with van der Waals surface area (Å²) in [6.07, 6.45) is 1.64. The van der Waals surface area contributed by atoms with Gasteiger partial charge >= 0.3 is 0 Å². The highest BCUT2D eigenvalue weighted by molar-refractivity contribution is 7.89. The zero-order valence-corrected chi connectivity index (χ0v) is 16.8. The Morgan fingerprint density at radius 3 is 2.44 bits per heavy atom. The van der Waals surface area contributed by atoms with Gasteiger partial charge < -0.3 is 0 Å². The van der Waals surface area contributed by atoms with Crippen LogP contribution in [0.4, 0.5) is 5.69 Å². The van der Waals surface area contributed by atoms with Gasteiger partial charge in [-0.3, -0.25) is 15.2 Å². The first kappa shape index (κ1) is 19.7. The second-order valence-electron chi connectivity index (χ2n) is 6.56. The third kappa shape index (κ3) is 4.80. The molecule has 1 aliphatic rings. The first-order valence-electron chi connectivity index (χ1n) is 8.77. The molecular formula is C19H22ClN3O3S.